The summed E-state index contributed by atoms with van der Waals surface area (Å²) < 4.78 is 18.4. The smallest absolute Gasteiger partial charge is 0.319 e. The molecular weight excluding hydrogens is 275 g/mol. The lowest BCUT2D eigenvalue weighted by Crippen LogP contribution is -2.38. The van der Waals surface area contributed by atoms with E-state index in [2.05, 4.69) is 22.5 Å². The monoisotopic (exact) mass is 292 g/mol. The molecule has 2 rings (SSSR count). The molecule has 0 bridgehead atoms. The van der Waals surface area contributed by atoms with Gasteiger partial charge in [-0.2, -0.15) is 0 Å². The fourth-order valence-electron chi connectivity index (χ4n) is 1.93. The van der Waals surface area contributed by atoms with Gasteiger partial charge in [0.1, 0.15) is 5.82 Å². The van der Waals surface area contributed by atoms with Crippen molar-refractivity contribution < 1.29 is 19.0 Å². The van der Waals surface area contributed by atoms with Crippen LogP contribution in [0.2, 0.25) is 0 Å². The second-order valence-corrected chi connectivity index (χ2v) is 4.62. The highest BCUT2D eigenvalue weighted by molar-refractivity contribution is 5.91. The van der Waals surface area contributed by atoms with Crippen LogP contribution in [0, 0.1) is 17.7 Å². The van der Waals surface area contributed by atoms with Crippen molar-refractivity contribution in [3.05, 3.63) is 29.6 Å². The van der Waals surface area contributed by atoms with Gasteiger partial charge < -0.3 is 20.5 Å². The molecule has 0 saturated carbocycles. The van der Waals surface area contributed by atoms with E-state index in [1.54, 1.807) is 0 Å². The molecule has 1 heterocycles. The van der Waals surface area contributed by atoms with Crippen molar-refractivity contribution >= 4 is 11.7 Å². The zero-order valence-corrected chi connectivity index (χ0v) is 11.5. The van der Waals surface area contributed by atoms with Crippen LogP contribution in [0.25, 0.3) is 0 Å². The number of hydrogen-bond donors (Lipinski definition) is 3. The van der Waals surface area contributed by atoms with Gasteiger partial charge in [0.25, 0.3) is 0 Å². The van der Waals surface area contributed by atoms with Crippen molar-refractivity contribution in [3.8, 4) is 11.8 Å². The van der Waals surface area contributed by atoms with E-state index in [0.29, 0.717) is 30.9 Å². The molecular formula is C15H17FN2O3. The van der Waals surface area contributed by atoms with E-state index < -0.39 is 5.82 Å². The molecule has 2 amide bonds. The number of hydrogen-bond acceptors (Lipinski definition) is 3. The first-order chi connectivity index (χ1) is 10.2. The maximum atomic E-state index is 13.3. The maximum Gasteiger partial charge on any atom is 0.319 e. The summed E-state index contributed by atoms with van der Waals surface area (Å²) in [5.41, 5.74) is 0.805. The first-order valence-corrected chi connectivity index (χ1v) is 6.73. The topological polar surface area (TPSA) is 70.6 Å². The van der Waals surface area contributed by atoms with E-state index in [0.717, 1.165) is 6.42 Å². The van der Waals surface area contributed by atoms with Crippen molar-refractivity contribution in [1.29, 1.82) is 0 Å². The number of ether oxygens (including phenoxy) is 1. The Balaban J connectivity index is 2.04. The van der Waals surface area contributed by atoms with Crippen LogP contribution in [0.15, 0.2) is 18.2 Å². The molecule has 112 valence electrons. The number of aliphatic hydroxyl groups is 1. The standard InChI is InChI=1S/C15H17FN2O3/c16-12-4-5-14(11(9-12)3-1-2-7-19)18-15(20)17-13-6-8-21-10-13/h4-5,9,13,19H,2,6-8,10H2,(H2,17,18,20). The molecule has 1 aromatic rings. The lowest BCUT2D eigenvalue weighted by molar-refractivity contribution is 0.189. The van der Waals surface area contributed by atoms with Gasteiger partial charge in [-0.1, -0.05) is 11.8 Å². The number of carbonyl (C=O) groups is 1. The van der Waals surface area contributed by atoms with Gasteiger partial charge >= 0.3 is 6.03 Å². The minimum absolute atomic E-state index is 0.00521. The minimum atomic E-state index is -0.432. The Labute approximate surface area is 122 Å². The Hall–Kier alpha value is -2.10. The number of urea groups is 1. The molecule has 0 aromatic heterocycles. The van der Waals surface area contributed by atoms with Gasteiger partial charge in [-0.15, -0.1) is 0 Å². The number of aliphatic hydroxyl groups excluding tert-OH is 1. The van der Waals surface area contributed by atoms with Crippen LogP contribution in [0.3, 0.4) is 0 Å². The van der Waals surface area contributed by atoms with Crippen LogP contribution in [0.1, 0.15) is 18.4 Å². The average Bonchev–Trinajstić information content (AvgIpc) is 2.95. The quantitative estimate of drug-likeness (QED) is 0.739. The van der Waals surface area contributed by atoms with Crippen LogP contribution in [0.5, 0.6) is 0 Å². The highest BCUT2D eigenvalue weighted by atomic mass is 19.1. The summed E-state index contributed by atoms with van der Waals surface area (Å²) in [6.07, 6.45) is 1.07. The van der Waals surface area contributed by atoms with E-state index in [9.17, 15) is 9.18 Å². The van der Waals surface area contributed by atoms with E-state index in [1.807, 2.05) is 0 Å². The summed E-state index contributed by atoms with van der Waals surface area (Å²) in [6.45, 7) is 1.08. The van der Waals surface area contributed by atoms with Crippen LogP contribution in [0.4, 0.5) is 14.9 Å². The van der Waals surface area contributed by atoms with Crippen molar-refractivity contribution in [2.75, 3.05) is 25.1 Å². The van der Waals surface area contributed by atoms with Gasteiger partial charge in [0.15, 0.2) is 0 Å². The van der Waals surface area contributed by atoms with Gasteiger partial charge in [-0.25, -0.2) is 9.18 Å². The van der Waals surface area contributed by atoms with Crippen LogP contribution < -0.4 is 10.6 Å². The number of rotatable bonds is 3. The fraction of sp³-hybridized carbons (Fsp3) is 0.400. The van der Waals surface area contributed by atoms with Gasteiger partial charge in [0.05, 0.1) is 30.5 Å². The molecule has 6 heteroatoms. The molecule has 1 atom stereocenters. The molecule has 21 heavy (non-hydrogen) atoms. The molecule has 1 aliphatic rings. The minimum Gasteiger partial charge on any atom is -0.395 e. The number of amides is 2. The highest BCUT2D eigenvalue weighted by Crippen LogP contribution is 2.16. The van der Waals surface area contributed by atoms with Gasteiger partial charge in [0, 0.05) is 13.0 Å². The molecule has 3 N–H and O–H groups in total. The first-order valence-electron chi connectivity index (χ1n) is 6.73. The van der Waals surface area contributed by atoms with Gasteiger partial charge in [-0.05, 0) is 24.6 Å². The summed E-state index contributed by atoms with van der Waals surface area (Å²) in [5.74, 6) is 5.01. The Bertz CT molecular complexity index is 560. The normalized spacial score (nSPS) is 17.0. The molecule has 1 unspecified atom stereocenters. The summed E-state index contributed by atoms with van der Waals surface area (Å²) in [4.78, 5) is 11.9. The molecule has 1 aromatic carbocycles. The highest BCUT2D eigenvalue weighted by Gasteiger charge is 2.18. The second-order valence-electron chi connectivity index (χ2n) is 4.62. The third-order valence-electron chi connectivity index (χ3n) is 2.95. The summed E-state index contributed by atoms with van der Waals surface area (Å²) in [5, 5.41) is 14.1. The number of benzene rings is 1. The van der Waals surface area contributed by atoms with E-state index in [1.165, 1.54) is 18.2 Å². The first kappa shape index (κ1) is 15.3. The molecule has 5 nitrogen and oxygen atoms in total. The lowest BCUT2D eigenvalue weighted by Gasteiger charge is -2.13. The summed E-state index contributed by atoms with van der Waals surface area (Å²) in [7, 11) is 0. The zero-order chi connectivity index (χ0) is 15.1. The SMILES string of the molecule is O=C(Nc1ccc(F)cc1C#CCCO)NC1CCOC1. The molecule has 1 fully saturated rings. The van der Waals surface area contributed by atoms with Gasteiger partial charge in [0.2, 0.25) is 0 Å². The third-order valence-corrected chi connectivity index (χ3v) is 2.95. The van der Waals surface area contributed by atoms with Crippen molar-refractivity contribution in [2.45, 2.75) is 18.9 Å². The summed E-state index contributed by atoms with van der Waals surface area (Å²) >= 11 is 0. The number of carbonyl (C=O) groups excluding carboxylic acids is 1. The number of halogens is 1. The predicted octanol–water partition coefficient (Wildman–Crippen LogP) is 1.47. The molecule has 0 aliphatic carbocycles. The second kappa shape index (κ2) is 7.62. The molecule has 1 aliphatic heterocycles. The maximum absolute atomic E-state index is 13.3. The Morgan fingerprint density at radius 1 is 1.52 bits per heavy atom. The molecule has 0 radical (unpaired) electrons. The van der Waals surface area contributed by atoms with E-state index in [-0.39, 0.29) is 18.7 Å². The average molecular weight is 292 g/mol. The Kier molecular flexibility index (Phi) is 5.55. The molecule has 1 saturated heterocycles. The molecule has 0 spiro atoms. The van der Waals surface area contributed by atoms with Crippen molar-refractivity contribution in [1.82, 2.24) is 5.32 Å². The predicted molar refractivity (Wildman–Crippen MR) is 76.4 cm³/mol. The summed E-state index contributed by atoms with van der Waals surface area (Å²) in [6, 6.07) is 3.59. The van der Waals surface area contributed by atoms with Crippen LogP contribution >= 0.6 is 0 Å². The lowest BCUT2D eigenvalue weighted by atomic mass is 10.1. The van der Waals surface area contributed by atoms with Crippen molar-refractivity contribution in [3.63, 3.8) is 0 Å². The van der Waals surface area contributed by atoms with Gasteiger partial charge in [-0.3, -0.25) is 0 Å². The van der Waals surface area contributed by atoms with E-state index >= 15 is 0 Å². The Morgan fingerprint density at radius 2 is 2.38 bits per heavy atom. The van der Waals surface area contributed by atoms with Crippen molar-refractivity contribution in [2.24, 2.45) is 0 Å². The largest absolute Gasteiger partial charge is 0.395 e. The third kappa shape index (κ3) is 4.74. The number of anilines is 1. The Morgan fingerprint density at radius 3 is 3.10 bits per heavy atom. The number of nitrogens with one attached hydrogen (secondary N) is 2. The van der Waals surface area contributed by atoms with Crippen LogP contribution in [-0.2, 0) is 4.74 Å². The fourth-order valence-corrected chi connectivity index (χ4v) is 1.93. The van der Waals surface area contributed by atoms with E-state index in [4.69, 9.17) is 9.84 Å². The zero-order valence-electron chi connectivity index (χ0n) is 11.5. The van der Waals surface area contributed by atoms with Crippen LogP contribution in [-0.4, -0.2) is 37.0 Å².